The quantitative estimate of drug-likeness (QED) is 0.804. The van der Waals surface area contributed by atoms with Crippen LogP contribution in [-0.2, 0) is 12.4 Å². The number of rotatable bonds is 4. The van der Waals surface area contributed by atoms with Crippen LogP contribution in [0.2, 0.25) is 0 Å². The van der Waals surface area contributed by atoms with Gasteiger partial charge in [-0.05, 0) is 35.4 Å². The van der Waals surface area contributed by atoms with E-state index in [4.69, 9.17) is 16.9 Å². The SMILES string of the molecule is N#Cc1ccc(N2CCN(Cc3ccc(CCl)cc3)CC2)cc1. The van der Waals surface area contributed by atoms with Crippen LogP contribution in [0.15, 0.2) is 48.5 Å². The van der Waals surface area contributed by atoms with E-state index < -0.39 is 0 Å². The van der Waals surface area contributed by atoms with E-state index >= 15 is 0 Å². The molecule has 2 aromatic rings. The van der Waals surface area contributed by atoms with Crippen LogP contribution in [0.4, 0.5) is 5.69 Å². The number of alkyl halides is 1. The molecule has 3 nitrogen and oxygen atoms in total. The van der Waals surface area contributed by atoms with Crippen molar-refractivity contribution in [3.05, 3.63) is 65.2 Å². The second kappa shape index (κ2) is 7.50. The molecule has 1 aliphatic rings. The average Bonchev–Trinajstić information content (AvgIpc) is 2.63. The number of nitrogens with zero attached hydrogens (tertiary/aromatic N) is 3. The van der Waals surface area contributed by atoms with Gasteiger partial charge in [-0.2, -0.15) is 5.26 Å². The van der Waals surface area contributed by atoms with Crippen molar-refractivity contribution < 1.29 is 0 Å². The van der Waals surface area contributed by atoms with E-state index in [2.05, 4.69) is 40.1 Å². The van der Waals surface area contributed by atoms with E-state index in [1.165, 1.54) is 16.8 Å². The smallest absolute Gasteiger partial charge is 0.0991 e. The van der Waals surface area contributed by atoms with Gasteiger partial charge in [0.25, 0.3) is 0 Å². The van der Waals surface area contributed by atoms with Crippen molar-refractivity contribution in [3.8, 4) is 6.07 Å². The van der Waals surface area contributed by atoms with Crippen LogP contribution in [0.5, 0.6) is 0 Å². The van der Waals surface area contributed by atoms with Crippen LogP contribution in [0.25, 0.3) is 0 Å². The first-order chi connectivity index (χ1) is 11.3. The predicted octanol–water partition coefficient (Wildman–Crippen LogP) is 3.62. The first-order valence-electron chi connectivity index (χ1n) is 7.90. The van der Waals surface area contributed by atoms with E-state index in [1.807, 2.05) is 24.3 Å². The van der Waals surface area contributed by atoms with Crippen LogP contribution in [0, 0.1) is 11.3 Å². The third-order valence-electron chi connectivity index (χ3n) is 4.32. The second-order valence-corrected chi connectivity index (χ2v) is 6.14. The summed E-state index contributed by atoms with van der Waals surface area (Å²) >= 11 is 5.83. The van der Waals surface area contributed by atoms with Gasteiger partial charge in [0.05, 0.1) is 11.6 Å². The number of anilines is 1. The summed E-state index contributed by atoms with van der Waals surface area (Å²) in [6.07, 6.45) is 0. The minimum atomic E-state index is 0.573. The molecule has 0 N–H and O–H groups in total. The molecule has 0 bridgehead atoms. The van der Waals surface area contributed by atoms with Gasteiger partial charge in [-0.25, -0.2) is 0 Å². The zero-order chi connectivity index (χ0) is 16.1. The predicted molar refractivity (Wildman–Crippen MR) is 94.6 cm³/mol. The lowest BCUT2D eigenvalue weighted by Crippen LogP contribution is -2.45. The summed E-state index contributed by atoms with van der Waals surface area (Å²) in [6, 6.07) is 18.6. The molecule has 0 spiro atoms. The minimum Gasteiger partial charge on any atom is -0.369 e. The molecular formula is C19H20ClN3. The van der Waals surface area contributed by atoms with E-state index in [0.29, 0.717) is 11.4 Å². The summed E-state index contributed by atoms with van der Waals surface area (Å²) in [7, 11) is 0. The molecule has 23 heavy (non-hydrogen) atoms. The molecule has 1 fully saturated rings. The van der Waals surface area contributed by atoms with E-state index in [-0.39, 0.29) is 0 Å². The van der Waals surface area contributed by atoms with Crippen molar-refractivity contribution in [3.63, 3.8) is 0 Å². The molecule has 4 heteroatoms. The summed E-state index contributed by atoms with van der Waals surface area (Å²) in [4.78, 5) is 4.87. The van der Waals surface area contributed by atoms with Gasteiger partial charge in [0, 0.05) is 44.3 Å². The van der Waals surface area contributed by atoms with Gasteiger partial charge in [0.1, 0.15) is 0 Å². The molecular weight excluding hydrogens is 306 g/mol. The second-order valence-electron chi connectivity index (χ2n) is 5.87. The maximum absolute atomic E-state index is 8.87. The Morgan fingerprint density at radius 1 is 0.870 bits per heavy atom. The van der Waals surface area contributed by atoms with E-state index in [0.717, 1.165) is 32.7 Å². The summed E-state index contributed by atoms with van der Waals surface area (Å²) in [5, 5.41) is 8.87. The maximum Gasteiger partial charge on any atom is 0.0991 e. The standard InChI is InChI=1S/C19H20ClN3/c20-13-16-1-3-18(4-2-16)15-22-9-11-23(12-10-22)19-7-5-17(14-21)6-8-19/h1-8H,9-13,15H2. The Bertz CT molecular complexity index is 665. The van der Waals surface area contributed by atoms with Crippen molar-refractivity contribution in [2.45, 2.75) is 12.4 Å². The van der Waals surface area contributed by atoms with Gasteiger partial charge in [0.2, 0.25) is 0 Å². The molecule has 1 saturated heterocycles. The minimum absolute atomic E-state index is 0.573. The molecule has 0 radical (unpaired) electrons. The number of hydrogen-bond donors (Lipinski definition) is 0. The molecule has 0 atom stereocenters. The lowest BCUT2D eigenvalue weighted by molar-refractivity contribution is 0.250. The topological polar surface area (TPSA) is 30.3 Å². The van der Waals surface area contributed by atoms with Crippen LogP contribution < -0.4 is 4.90 Å². The fraction of sp³-hybridized carbons (Fsp3) is 0.316. The Balaban J connectivity index is 1.54. The molecule has 1 aliphatic heterocycles. The molecule has 0 aliphatic carbocycles. The molecule has 3 rings (SSSR count). The molecule has 1 heterocycles. The van der Waals surface area contributed by atoms with Crippen molar-refractivity contribution in [1.82, 2.24) is 4.90 Å². The van der Waals surface area contributed by atoms with Gasteiger partial charge in [-0.3, -0.25) is 4.90 Å². The molecule has 0 unspecified atom stereocenters. The molecule has 0 aromatic heterocycles. The highest BCUT2D eigenvalue weighted by Crippen LogP contribution is 2.18. The number of benzene rings is 2. The number of hydrogen-bond acceptors (Lipinski definition) is 3. The zero-order valence-corrected chi connectivity index (χ0v) is 13.8. The number of nitriles is 1. The van der Waals surface area contributed by atoms with Gasteiger partial charge in [0.15, 0.2) is 0 Å². The van der Waals surface area contributed by atoms with Crippen molar-refractivity contribution in [2.75, 3.05) is 31.1 Å². The highest BCUT2D eigenvalue weighted by molar-refractivity contribution is 6.17. The highest BCUT2D eigenvalue weighted by Gasteiger charge is 2.17. The Hall–Kier alpha value is -2.02. The molecule has 0 amide bonds. The lowest BCUT2D eigenvalue weighted by Gasteiger charge is -2.36. The first-order valence-corrected chi connectivity index (χ1v) is 8.43. The first kappa shape index (κ1) is 15.9. The van der Waals surface area contributed by atoms with E-state index in [9.17, 15) is 0 Å². The zero-order valence-electron chi connectivity index (χ0n) is 13.1. The van der Waals surface area contributed by atoms with Crippen LogP contribution in [0.1, 0.15) is 16.7 Å². The van der Waals surface area contributed by atoms with Gasteiger partial charge < -0.3 is 4.90 Å². The Labute approximate surface area is 142 Å². The van der Waals surface area contributed by atoms with Crippen LogP contribution in [0.3, 0.4) is 0 Å². The molecule has 2 aromatic carbocycles. The third kappa shape index (κ3) is 4.04. The lowest BCUT2D eigenvalue weighted by atomic mass is 10.1. The van der Waals surface area contributed by atoms with Crippen LogP contribution >= 0.6 is 11.6 Å². The normalized spacial score (nSPS) is 15.4. The van der Waals surface area contributed by atoms with Crippen LogP contribution in [-0.4, -0.2) is 31.1 Å². The van der Waals surface area contributed by atoms with Gasteiger partial charge >= 0.3 is 0 Å². The number of piperazine rings is 1. The van der Waals surface area contributed by atoms with Crippen molar-refractivity contribution in [1.29, 1.82) is 5.26 Å². The summed E-state index contributed by atoms with van der Waals surface area (Å²) in [6.45, 7) is 5.13. The fourth-order valence-corrected chi connectivity index (χ4v) is 3.08. The summed E-state index contributed by atoms with van der Waals surface area (Å²) in [5.41, 5.74) is 4.43. The summed E-state index contributed by atoms with van der Waals surface area (Å²) < 4.78 is 0. The van der Waals surface area contributed by atoms with Gasteiger partial charge in [-0.1, -0.05) is 24.3 Å². The highest BCUT2D eigenvalue weighted by atomic mass is 35.5. The average molecular weight is 326 g/mol. The summed E-state index contributed by atoms with van der Waals surface area (Å²) in [5.74, 6) is 0.573. The Morgan fingerprint density at radius 3 is 2.04 bits per heavy atom. The van der Waals surface area contributed by atoms with Gasteiger partial charge in [-0.15, -0.1) is 11.6 Å². The maximum atomic E-state index is 8.87. The monoisotopic (exact) mass is 325 g/mol. The largest absolute Gasteiger partial charge is 0.369 e. The van der Waals surface area contributed by atoms with Crippen molar-refractivity contribution in [2.24, 2.45) is 0 Å². The molecule has 118 valence electrons. The van der Waals surface area contributed by atoms with Crippen molar-refractivity contribution >= 4 is 17.3 Å². The number of halogens is 1. The Morgan fingerprint density at radius 2 is 1.48 bits per heavy atom. The third-order valence-corrected chi connectivity index (χ3v) is 4.63. The van der Waals surface area contributed by atoms with E-state index in [1.54, 1.807) is 0 Å². The molecule has 0 saturated carbocycles. The Kier molecular flexibility index (Phi) is 5.17. The fourth-order valence-electron chi connectivity index (χ4n) is 2.90.